The van der Waals surface area contributed by atoms with E-state index in [0.29, 0.717) is 54.7 Å². The highest BCUT2D eigenvalue weighted by atomic mass is 79.9. The van der Waals surface area contributed by atoms with Crippen molar-refractivity contribution in [1.82, 2.24) is 8.87 Å². The lowest BCUT2D eigenvalue weighted by Crippen LogP contribution is -2.40. The van der Waals surface area contributed by atoms with E-state index in [1.165, 1.54) is 4.31 Å². The third kappa shape index (κ3) is 4.72. The molecule has 200 valence electrons. The summed E-state index contributed by atoms with van der Waals surface area (Å²) in [7, 11) is -2.01. The number of ether oxygens (including phenoxy) is 1. The molecule has 0 aliphatic carbocycles. The Morgan fingerprint density at radius 3 is 2.59 bits per heavy atom. The zero-order chi connectivity index (χ0) is 27.3. The van der Waals surface area contributed by atoms with Gasteiger partial charge in [-0.2, -0.15) is 4.31 Å². The number of sulfonamides is 1. The molecule has 0 unspecified atom stereocenters. The van der Waals surface area contributed by atoms with E-state index in [1.54, 1.807) is 30.1 Å². The number of morpholine rings is 1. The Bertz CT molecular complexity index is 1760. The van der Waals surface area contributed by atoms with E-state index in [1.807, 2.05) is 54.7 Å². The number of aromatic nitrogens is 1. The number of halogens is 2. The van der Waals surface area contributed by atoms with Gasteiger partial charge in [-0.3, -0.25) is 4.79 Å². The van der Waals surface area contributed by atoms with Gasteiger partial charge in [0.15, 0.2) is 0 Å². The average molecular weight is 627 g/mol. The maximum Gasteiger partial charge on any atom is 0.258 e. The van der Waals surface area contributed by atoms with Crippen LogP contribution in [0.5, 0.6) is 0 Å². The lowest BCUT2D eigenvalue weighted by molar-refractivity contribution is -0.112. The Kier molecular flexibility index (Phi) is 6.89. The number of benzene rings is 3. The quantitative estimate of drug-likeness (QED) is 0.269. The lowest BCUT2D eigenvalue weighted by Gasteiger charge is -2.26. The molecule has 3 aromatic carbocycles. The number of carbonyl (C=O) groups excluding carboxylic acids is 1. The van der Waals surface area contributed by atoms with E-state index in [-0.39, 0.29) is 10.8 Å². The number of fused-ring (bicyclic) bond motifs is 2. The molecule has 7 nitrogen and oxygen atoms in total. The molecule has 1 fully saturated rings. The summed E-state index contributed by atoms with van der Waals surface area (Å²) in [5.41, 5.74) is 4.55. The van der Waals surface area contributed by atoms with Gasteiger partial charge in [0.25, 0.3) is 5.91 Å². The first-order chi connectivity index (χ1) is 18.7. The highest BCUT2D eigenvalue weighted by molar-refractivity contribution is 9.10. The highest BCUT2D eigenvalue weighted by Crippen LogP contribution is 2.40. The summed E-state index contributed by atoms with van der Waals surface area (Å²) in [6, 6.07) is 18.7. The number of carbonyl (C=O) groups is 1. The van der Waals surface area contributed by atoms with Gasteiger partial charge in [0, 0.05) is 70.0 Å². The monoisotopic (exact) mass is 625 g/mol. The van der Waals surface area contributed by atoms with Gasteiger partial charge in [-0.25, -0.2) is 8.42 Å². The first kappa shape index (κ1) is 26.3. The van der Waals surface area contributed by atoms with Gasteiger partial charge in [-0.1, -0.05) is 45.7 Å². The maximum absolute atomic E-state index is 13.4. The Balaban J connectivity index is 1.46. The molecule has 0 bridgehead atoms. The van der Waals surface area contributed by atoms with Crippen LogP contribution in [0.15, 0.2) is 76.2 Å². The van der Waals surface area contributed by atoms with E-state index in [0.717, 1.165) is 26.5 Å². The third-order valence-electron chi connectivity index (χ3n) is 7.23. The molecule has 4 aromatic rings. The van der Waals surface area contributed by atoms with Crippen LogP contribution < -0.4 is 4.90 Å². The fourth-order valence-electron chi connectivity index (χ4n) is 5.17. The van der Waals surface area contributed by atoms with Crippen LogP contribution in [0.3, 0.4) is 0 Å². The van der Waals surface area contributed by atoms with Crippen LogP contribution in [-0.4, -0.2) is 56.5 Å². The SMILES string of the molecule is CN1C(=O)/C(=C\c2cn(Cc3ccccc3Cl)c3ccc(Br)cc23)c2cc(S(=O)(=O)N3CCOCC3)ccc21. The Labute approximate surface area is 240 Å². The molecule has 2 aliphatic heterocycles. The van der Waals surface area contributed by atoms with Crippen molar-refractivity contribution in [1.29, 1.82) is 0 Å². The zero-order valence-electron chi connectivity index (χ0n) is 21.1. The molecule has 39 heavy (non-hydrogen) atoms. The van der Waals surface area contributed by atoms with Gasteiger partial charge in [0.05, 0.1) is 23.8 Å². The molecular weight excluding hydrogens is 602 g/mol. The number of nitrogens with zero attached hydrogens (tertiary/aromatic N) is 3. The van der Waals surface area contributed by atoms with Crippen LogP contribution >= 0.6 is 27.5 Å². The molecule has 0 N–H and O–H groups in total. The molecule has 10 heteroatoms. The van der Waals surface area contributed by atoms with Crippen molar-refractivity contribution in [3.05, 3.63) is 93.0 Å². The van der Waals surface area contributed by atoms with E-state index in [4.69, 9.17) is 16.3 Å². The van der Waals surface area contributed by atoms with Crippen LogP contribution in [0.4, 0.5) is 5.69 Å². The van der Waals surface area contributed by atoms with Gasteiger partial charge in [0.2, 0.25) is 10.0 Å². The Morgan fingerprint density at radius 1 is 1.05 bits per heavy atom. The van der Waals surface area contributed by atoms with Crippen LogP contribution in [0.2, 0.25) is 5.02 Å². The van der Waals surface area contributed by atoms with Crippen molar-refractivity contribution >= 4 is 71.7 Å². The van der Waals surface area contributed by atoms with Crippen molar-refractivity contribution in [2.45, 2.75) is 11.4 Å². The highest BCUT2D eigenvalue weighted by Gasteiger charge is 2.33. The summed E-state index contributed by atoms with van der Waals surface area (Å²) < 4.78 is 36.5. The number of rotatable bonds is 5. The molecule has 3 heterocycles. The van der Waals surface area contributed by atoms with Gasteiger partial charge in [-0.15, -0.1) is 0 Å². The van der Waals surface area contributed by atoms with E-state index >= 15 is 0 Å². The minimum absolute atomic E-state index is 0.168. The molecule has 0 spiro atoms. The second-order valence-electron chi connectivity index (χ2n) is 9.58. The van der Waals surface area contributed by atoms with Crippen LogP contribution in [0.1, 0.15) is 16.7 Å². The smallest absolute Gasteiger partial charge is 0.258 e. The molecule has 1 aromatic heterocycles. The van der Waals surface area contributed by atoms with E-state index in [2.05, 4.69) is 20.5 Å². The predicted octanol–water partition coefficient (Wildman–Crippen LogP) is 5.64. The predicted molar refractivity (Wildman–Crippen MR) is 157 cm³/mol. The Morgan fingerprint density at radius 2 is 1.82 bits per heavy atom. The van der Waals surface area contributed by atoms with Gasteiger partial charge in [0.1, 0.15) is 0 Å². The number of hydrogen-bond donors (Lipinski definition) is 0. The number of amides is 1. The van der Waals surface area contributed by atoms with Crippen molar-refractivity contribution in [3.8, 4) is 0 Å². The van der Waals surface area contributed by atoms with Crippen LogP contribution in [-0.2, 0) is 26.1 Å². The summed E-state index contributed by atoms with van der Waals surface area (Å²) in [5, 5.41) is 1.65. The Hall–Kier alpha value is -2.95. The summed E-state index contributed by atoms with van der Waals surface area (Å²) in [6.45, 7) is 1.91. The second kappa shape index (κ2) is 10.2. The fourth-order valence-corrected chi connectivity index (χ4v) is 7.16. The normalized spacial score (nSPS) is 17.4. The van der Waals surface area contributed by atoms with Crippen molar-refractivity contribution < 1.29 is 17.9 Å². The summed E-state index contributed by atoms with van der Waals surface area (Å²) in [4.78, 5) is 15.2. The van der Waals surface area contributed by atoms with Crippen molar-refractivity contribution in [2.75, 3.05) is 38.3 Å². The average Bonchev–Trinajstić information content (AvgIpc) is 3.39. The fraction of sp³-hybridized carbons (Fsp3) is 0.207. The molecule has 0 saturated carbocycles. The number of hydrogen-bond acceptors (Lipinski definition) is 4. The lowest BCUT2D eigenvalue weighted by atomic mass is 10.0. The largest absolute Gasteiger partial charge is 0.379 e. The first-order valence-electron chi connectivity index (χ1n) is 12.5. The molecule has 0 radical (unpaired) electrons. The molecule has 0 atom stereocenters. The van der Waals surface area contributed by atoms with E-state index in [9.17, 15) is 13.2 Å². The molecule has 2 aliphatic rings. The minimum atomic E-state index is -3.72. The van der Waals surface area contributed by atoms with Gasteiger partial charge < -0.3 is 14.2 Å². The van der Waals surface area contributed by atoms with Crippen molar-refractivity contribution in [2.24, 2.45) is 0 Å². The van der Waals surface area contributed by atoms with Gasteiger partial charge in [-0.05, 0) is 54.1 Å². The molecule has 6 rings (SSSR count). The van der Waals surface area contributed by atoms with E-state index < -0.39 is 10.0 Å². The minimum Gasteiger partial charge on any atom is -0.379 e. The topological polar surface area (TPSA) is 71.9 Å². The summed E-state index contributed by atoms with van der Waals surface area (Å²) >= 11 is 10.0. The molecule has 1 saturated heterocycles. The summed E-state index contributed by atoms with van der Waals surface area (Å²) in [5.74, 6) is -0.187. The summed E-state index contributed by atoms with van der Waals surface area (Å²) in [6.07, 6.45) is 3.86. The standard InChI is InChI=1S/C29H25BrClN3O4S/c1-32-27-9-7-22(39(36,37)34-10-12-38-13-11-34)16-24(27)25(29(32)35)14-20-18-33(17-19-4-2-3-5-26(19)31)28-8-6-21(30)15-23(20)28/h2-9,14-16,18H,10-13,17H2,1H3/b25-14-. The second-order valence-corrected chi connectivity index (χ2v) is 12.8. The van der Waals surface area contributed by atoms with Crippen LogP contribution in [0.25, 0.3) is 22.6 Å². The number of likely N-dealkylation sites (N-methyl/N-ethyl adjacent to an activating group) is 1. The number of anilines is 1. The van der Waals surface area contributed by atoms with Crippen LogP contribution in [0, 0.1) is 0 Å². The third-order valence-corrected chi connectivity index (χ3v) is 9.99. The molecule has 1 amide bonds. The zero-order valence-corrected chi connectivity index (χ0v) is 24.3. The van der Waals surface area contributed by atoms with Crippen molar-refractivity contribution in [3.63, 3.8) is 0 Å². The van der Waals surface area contributed by atoms with Gasteiger partial charge >= 0.3 is 0 Å². The first-order valence-corrected chi connectivity index (χ1v) is 15.1. The molecular formula is C29H25BrClN3O4S. The maximum atomic E-state index is 13.4.